The fourth-order valence-corrected chi connectivity index (χ4v) is 3.97. The number of hydrogen-bond acceptors (Lipinski definition) is 4. The Balaban J connectivity index is 1.53. The molecule has 0 unspecified atom stereocenters. The van der Waals surface area contributed by atoms with E-state index < -0.39 is 0 Å². The van der Waals surface area contributed by atoms with Gasteiger partial charge in [-0.15, -0.1) is 10.2 Å². The lowest BCUT2D eigenvalue weighted by atomic mass is 9.92. The van der Waals surface area contributed by atoms with Gasteiger partial charge in [-0.2, -0.15) is 0 Å². The summed E-state index contributed by atoms with van der Waals surface area (Å²) in [6, 6.07) is 10.6. The Morgan fingerprint density at radius 1 is 1.37 bits per heavy atom. The van der Waals surface area contributed by atoms with Gasteiger partial charge in [-0.3, -0.25) is 4.90 Å². The third-order valence-electron chi connectivity index (χ3n) is 5.48. The van der Waals surface area contributed by atoms with Crippen molar-refractivity contribution in [2.75, 3.05) is 20.1 Å². The fraction of sp³-hybridized carbons (Fsp3) is 0.550. The van der Waals surface area contributed by atoms with Crippen LogP contribution in [0.5, 0.6) is 0 Å². The molecular formula is C20H30N6O. The van der Waals surface area contributed by atoms with E-state index in [1.54, 1.807) is 6.33 Å². The van der Waals surface area contributed by atoms with Crippen molar-refractivity contribution in [3.05, 3.63) is 48.0 Å². The highest BCUT2D eigenvalue weighted by Crippen LogP contribution is 2.23. The van der Waals surface area contributed by atoms with E-state index >= 15 is 0 Å². The predicted octanol–water partition coefficient (Wildman–Crippen LogP) is 2.43. The Labute approximate surface area is 161 Å². The van der Waals surface area contributed by atoms with Crippen LogP contribution in [0, 0.1) is 5.92 Å². The lowest BCUT2D eigenvalue weighted by Gasteiger charge is -2.41. The molecule has 1 aliphatic rings. The first-order valence-corrected chi connectivity index (χ1v) is 9.59. The molecule has 0 bridgehead atoms. The van der Waals surface area contributed by atoms with Crippen LogP contribution in [0.2, 0.25) is 0 Å². The van der Waals surface area contributed by atoms with Gasteiger partial charge >= 0.3 is 6.03 Å². The number of nitrogens with one attached hydrogen (secondary N) is 1. The van der Waals surface area contributed by atoms with Crippen LogP contribution in [-0.4, -0.2) is 56.8 Å². The first kappa shape index (κ1) is 19.4. The molecule has 1 aromatic carbocycles. The van der Waals surface area contributed by atoms with Gasteiger partial charge in [-0.05, 0) is 24.8 Å². The van der Waals surface area contributed by atoms with Crippen molar-refractivity contribution in [1.82, 2.24) is 29.9 Å². The van der Waals surface area contributed by atoms with Crippen LogP contribution in [0.4, 0.5) is 4.79 Å². The van der Waals surface area contributed by atoms with Gasteiger partial charge in [0, 0.05) is 39.8 Å². The third-order valence-corrected chi connectivity index (χ3v) is 5.48. The SMILES string of the molecule is C[C@H](NC(=O)N(C)[C@@H]1CCN(Cc2ccccc2)C[C@H]1C)c1nncn1C. The summed E-state index contributed by atoms with van der Waals surface area (Å²) in [7, 11) is 3.78. The summed E-state index contributed by atoms with van der Waals surface area (Å²) in [5, 5.41) is 11.0. The number of piperidine rings is 1. The highest BCUT2D eigenvalue weighted by Gasteiger charge is 2.31. The second-order valence-corrected chi connectivity index (χ2v) is 7.64. The summed E-state index contributed by atoms with van der Waals surface area (Å²) in [5.41, 5.74) is 1.34. The van der Waals surface area contributed by atoms with Crippen LogP contribution in [0.25, 0.3) is 0 Å². The number of aromatic nitrogens is 3. The maximum Gasteiger partial charge on any atom is 0.317 e. The van der Waals surface area contributed by atoms with Crippen molar-refractivity contribution >= 4 is 6.03 Å². The zero-order valence-corrected chi connectivity index (χ0v) is 16.7. The van der Waals surface area contributed by atoms with Gasteiger partial charge in [0.15, 0.2) is 5.82 Å². The lowest BCUT2D eigenvalue weighted by molar-refractivity contribution is 0.0882. The van der Waals surface area contributed by atoms with E-state index in [4.69, 9.17) is 0 Å². The molecule has 3 rings (SSSR count). The molecule has 1 saturated heterocycles. The zero-order chi connectivity index (χ0) is 19.4. The molecule has 2 amide bonds. The molecule has 7 heteroatoms. The number of carbonyl (C=O) groups excluding carboxylic acids is 1. The molecule has 2 heterocycles. The minimum absolute atomic E-state index is 0.0566. The van der Waals surface area contributed by atoms with Crippen LogP contribution in [0.1, 0.15) is 37.7 Å². The molecular weight excluding hydrogens is 340 g/mol. The largest absolute Gasteiger partial charge is 0.328 e. The molecule has 146 valence electrons. The number of nitrogens with zero attached hydrogens (tertiary/aromatic N) is 5. The molecule has 2 aromatic rings. The smallest absolute Gasteiger partial charge is 0.317 e. The molecule has 0 aliphatic carbocycles. The van der Waals surface area contributed by atoms with Gasteiger partial charge in [-0.1, -0.05) is 37.3 Å². The quantitative estimate of drug-likeness (QED) is 0.878. The Bertz CT molecular complexity index is 746. The van der Waals surface area contributed by atoms with Crippen LogP contribution >= 0.6 is 0 Å². The first-order chi connectivity index (χ1) is 13.0. The molecule has 0 spiro atoms. The van der Waals surface area contributed by atoms with Gasteiger partial charge in [0.2, 0.25) is 0 Å². The molecule has 7 nitrogen and oxygen atoms in total. The highest BCUT2D eigenvalue weighted by molar-refractivity contribution is 5.74. The summed E-state index contributed by atoms with van der Waals surface area (Å²) in [6.45, 7) is 7.13. The third kappa shape index (κ3) is 4.66. The average molecular weight is 371 g/mol. The molecule has 1 aliphatic heterocycles. The zero-order valence-electron chi connectivity index (χ0n) is 16.7. The molecule has 1 fully saturated rings. The van der Waals surface area contributed by atoms with Gasteiger partial charge in [-0.25, -0.2) is 4.79 Å². The van der Waals surface area contributed by atoms with Crippen LogP contribution in [-0.2, 0) is 13.6 Å². The summed E-state index contributed by atoms with van der Waals surface area (Å²) < 4.78 is 1.83. The van der Waals surface area contributed by atoms with Crippen molar-refractivity contribution in [3.63, 3.8) is 0 Å². The normalized spacial score (nSPS) is 21.6. The Morgan fingerprint density at radius 3 is 2.74 bits per heavy atom. The van der Waals surface area contributed by atoms with Crippen molar-refractivity contribution in [2.24, 2.45) is 13.0 Å². The maximum absolute atomic E-state index is 12.7. The van der Waals surface area contributed by atoms with Crippen molar-refractivity contribution in [2.45, 2.75) is 38.9 Å². The van der Waals surface area contributed by atoms with E-state index in [0.717, 1.165) is 31.9 Å². The van der Waals surface area contributed by atoms with Gasteiger partial charge in [0.25, 0.3) is 0 Å². The second-order valence-electron chi connectivity index (χ2n) is 7.64. The number of hydrogen-bond donors (Lipinski definition) is 1. The minimum atomic E-state index is -0.180. The summed E-state index contributed by atoms with van der Waals surface area (Å²) in [5.74, 6) is 1.17. The number of aryl methyl sites for hydroxylation is 1. The van der Waals surface area contributed by atoms with E-state index in [9.17, 15) is 4.79 Å². The number of carbonyl (C=O) groups is 1. The topological polar surface area (TPSA) is 66.3 Å². The number of benzene rings is 1. The average Bonchev–Trinajstić information content (AvgIpc) is 3.08. The van der Waals surface area contributed by atoms with E-state index in [2.05, 4.69) is 51.6 Å². The standard InChI is InChI=1S/C20H30N6O/c1-15-12-26(13-17-8-6-5-7-9-17)11-10-18(15)25(4)20(27)22-16(2)19-23-21-14-24(19)3/h5-9,14-16,18H,10-13H2,1-4H3,(H,22,27)/t15-,16+,18-/m1/s1. The molecule has 0 radical (unpaired) electrons. The van der Waals surface area contributed by atoms with Crippen molar-refractivity contribution in [1.29, 1.82) is 0 Å². The van der Waals surface area contributed by atoms with E-state index in [0.29, 0.717) is 5.92 Å². The molecule has 1 N–H and O–H groups in total. The lowest BCUT2D eigenvalue weighted by Crippen LogP contribution is -2.53. The first-order valence-electron chi connectivity index (χ1n) is 9.59. The van der Waals surface area contributed by atoms with E-state index in [-0.39, 0.29) is 18.1 Å². The molecule has 0 saturated carbocycles. The summed E-state index contributed by atoms with van der Waals surface area (Å²) in [4.78, 5) is 17.1. The van der Waals surface area contributed by atoms with Gasteiger partial charge < -0.3 is 14.8 Å². The fourth-order valence-electron chi connectivity index (χ4n) is 3.97. The number of rotatable bonds is 5. The molecule has 1 aromatic heterocycles. The van der Waals surface area contributed by atoms with Crippen molar-refractivity contribution < 1.29 is 4.79 Å². The number of likely N-dealkylation sites (tertiary alicyclic amines) is 1. The predicted molar refractivity (Wildman–Crippen MR) is 105 cm³/mol. The number of amides is 2. The van der Waals surface area contributed by atoms with Gasteiger partial charge in [0.1, 0.15) is 6.33 Å². The van der Waals surface area contributed by atoms with Crippen LogP contribution < -0.4 is 5.32 Å². The Kier molecular flexibility index (Phi) is 6.11. The Hall–Kier alpha value is -2.41. The Morgan fingerprint density at radius 2 is 2.11 bits per heavy atom. The number of urea groups is 1. The van der Waals surface area contributed by atoms with Gasteiger partial charge in [0.05, 0.1) is 6.04 Å². The summed E-state index contributed by atoms with van der Waals surface area (Å²) in [6.07, 6.45) is 2.63. The molecule has 3 atom stereocenters. The van der Waals surface area contributed by atoms with Crippen LogP contribution in [0.3, 0.4) is 0 Å². The molecule has 27 heavy (non-hydrogen) atoms. The monoisotopic (exact) mass is 370 g/mol. The van der Waals surface area contributed by atoms with E-state index in [1.165, 1.54) is 5.56 Å². The highest BCUT2D eigenvalue weighted by atomic mass is 16.2. The second kappa shape index (κ2) is 8.52. The van der Waals surface area contributed by atoms with Crippen LogP contribution in [0.15, 0.2) is 36.7 Å². The summed E-state index contributed by atoms with van der Waals surface area (Å²) >= 11 is 0. The minimum Gasteiger partial charge on any atom is -0.328 e. The maximum atomic E-state index is 12.7. The van der Waals surface area contributed by atoms with Crippen molar-refractivity contribution in [3.8, 4) is 0 Å². The van der Waals surface area contributed by atoms with E-state index in [1.807, 2.05) is 36.6 Å².